The molecule has 0 aromatic carbocycles. The summed E-state index contributed by atoms with van der Waals surface area (Å²) >= 11 is 1.67. The van der Waals surface area contributed by atoms with Gasteiger partial charge in [0, 0.05) is 4.88 Å². The van der Waals surface area contributed by atoms with Crippen LogP contribution in [-0.4, -0.2) is 25.2 Å². The molecule has 2 rings (SSSR count). The van der Waals surface area contributed by atoms with Gasteiger partial charge >= 0.3 is 6.09 Å². The van der Waals surface area contributed by atoms with E-state index in [1.165, 1.54) is 17.7 Å². The molecule has 2 N–H and O–H groups in total. The van der Waals surface area contributed by atoms with Gasteiger partial charge < -0.3 is 15.4 Å². The van der Waals surface area contributed by atoms with E-state index >= 15 is 0 Å². The Labute approximate surface area is 129 Å². The zero-order chi connectivity index (χ0) is 15.1. The van der Waals surface area contributed by atoms with Gasteiger partial charge in [0.05, 0.1) is 12.6 Å². The van der Waals surface area contributed by atoms with Gasteiger partial charge in [-0.1, -0.05) is 18.9 Å². The topological polar surface area (TPSA) is 67.4 Å². The van der Waals surface area contributed by atoms with Gasteiger partial charge in [0.25, 0.3) is 0 Å². The van der Waals surface area contributed by atoms with E-state index in [2.05, 4.69) is 16.7 Å². The third kappa shape index (κ3) is 4.74. The van der Waals surface area contributed by atoms with Gasteiger partial charge in [-0.3, -0.25) is 4.79 Å². The highest BCUT2D eigenvalue weighted by Gasteiger charge is 2.28. The van der Waals surface area contributed by atoms with Crippen LogP contribution in [0.15, 0.2) is 17.5 Å². The van der Waals surface area contributed by atoms with E-state index in [1.54, 1.807) is 18.3 Å². The SMILES string of the molecule is CCOC(=O)NCC(=O)N[C@@H](c1cccs1)C1CCCC1. The summed E-state index contributed by atoms with van der Waals surface area (Å²) in [5.74, 6) is 0.323. The summed E-state index contributed by atoms with van der Waals surface area (Å²) in [5, 5.41) is 7.54. The monoisotopic (exact) mass is 310 g/mol. The van der Waals surface area contributed by atoms with Crippen LogP contribution in [0.5, 0.6) is 0 Å². The molecule has 116 valence electrons. The van der Waals surface area contributed by atoms with Crippen LogP contribution in [0.4, 0.5) is 4.79 Å². The minimum atomic E-state index is -0.554. The first-order valence-corrected chi connectivity index (χ1v) is 8.32. The van der Waals surface area contributed by atoms with Crippen LogP contribution in [-0.2, 0) is 9.53 Å². The van der Waals surface area contributed by atoms with Crippen LogP contribution in [0, 0.1) is 5.92 Å². The van der Waals surface area contributed by atoms with E-state index in [4.69, 9.17) is 4.74 Å². The van der Waals surface area contributed by atoms with Gasteiger partial charge in [-0.2, -0.15) is 0 Å². The van der Waals surface area contributed by atoms with Crippen molar-refractivity contribution in [3.8, 4) is 0 Å². The summed E-state index contributed by atoms with van der Waals surface area (Å²) in [4.78, 5) is 24.4. The van der Waals surface area contributed by atoms with Gasteiger partial charge in [0.1, 0.15) is 6.54 Å². The highest BCUT2D eigenvalue weighted by atomic mass is 32.1. The summed E-state index contributed by atoms with van der Waals surface area (Å²) in [5.41, 5.74) is 0. The molecule has 5 nitrogen and oxygen atoms in total. The Morgan fingerprint density at radius 3 is 2.81 bits per heavy atom. The Hall–Kier alpha value is -1.56. The van der Waals surface area contributed by atoms with Gasteiger partial charge in [0.15, 0.2) is 0 Å². The molecule has 1 fully saturated rings. The summed E-state index contributed by atoms with van der Waals surface area (Å²) < 4.78 is 4.74. The number of amides is 2. The molecule has 21 heavy (non-hydrogen) atoms. The number of rotatable bonds is 6. The van der Waals surface area contributed by atoms with E-state index in [0.29, 0.717) is 12.5 Å². The third-order valence-electron chi connectivity index (χ3n) is 3.71. The first-order valence-electron chi connectivity index (χ1n) is 7.44. The molecule has 0 spiro atoms. The van der Waals surface area contributed by atoms with E-state index in [1.807, 2.05) is 11.4 Å². The Morgan fingerprint density at radius 1 is 1.43 bits per heavy atom. The molecule has 0 unspecified atom stereocenters. The summed E-state index contributed by atoms with van der Waals surface area (Å²) in [6, 6.07) is 4.13. The van der Waals surface area contributed by atoms with Crippen LogP contribution >= 0.6 is 11.3 Å². The second kappa shape index (κ2) is 8.02. The Bertz CT molecular complexity index is 455. The molecule has 1 aromatic heterocycles. The largest absolute Gasteiger partial charge is 0.450 e. The van der Waals surface area contributed by atoms with Gasteiger partial charge in [-0.25, -0.2) is 4.79 Å². The summed E-state index contributed by atoms with van der Waals surface area (Å²) in [6.07, 6.45) is 4.19. The van der Waals surface area contributed by atoms with Crippen LogP contribution in [0.1, 0.15) is 43.5 Å². The lowest BCUT2D eigenvalue weighted by molar-refractivity contribution is -0.121. The molecule has 1 aliphatic rings. The first kappa shape index (κ1) is 15.8. The fourth-order valence-corrected chi connectivity index (χ4v) is 3.61. The Kier molecular flexibility index (Phi) is 6.04. The van der Waals surface area contributed by atoms with Crippen molar-refractivity contribution in [3.05, 3.63) is 22.4 Å². The molecule has 6 heteroatoms. The standard InChI is InChI=1S/C15H22N2O3S/c1-2-20-15(19)16-10-13(18)17-14(11-6-3-4-7-11)12-8-5-9-21-12/h5,8-9,11,14H,2-4,6-7,10H2,1H3,(H,16,19)(H,17,18)/t14-/m1/s1. The maximum absolute atomic E-state index is 12.0. The lowest BCUT2D eigenvalue weighted by Crippen LogP contribution is -2.40. The number of nitrogens with one attached hydrogen (secondary N) is 2. The predicted octanol–water partition coefficient (Wildman–Crippen LogP) is 2.84. The van der Waals surface area contributed by atoms with Gasteiger partial charge in [-0.05, 0) is 37.1 Å². The number of hydrogen-bond donors (Lipinski definition) is 2. The van der Waals surface area contributed by atoms with Gasteiger partial charge in [-0.15, -0.1) is 11.3 Å². The lowest BCUT2D eigenvalue weighted by Gasteiger charge is -2.23. The fraction of sp³-hybridized carbons (Fsp3) is 0.600. The average Bonchev–Trinajstić information content (AvgIpc) is 3.15. The van der Waals surface area contributed by atoms with E-state index in [-0.39, 0.29) is 18.5 Å². The number of ether oxygens (including phenoxy) is 1. The third-order valence-corrected chi connectivity index (χ3v) is 4.66. The van der Waals surface area contributed by atoms with Crippen LogP contribution < -0.4 is 10.6 Å². The van der Waals surface area contributed by atoms with Gasteiger partial charge in [0.2, 0.25) is 5.91 Å². The van der Waals surface area contributed by atoms with Crippen molar-refractivity contribution in [2.24, 2.45) is 5.92 Å². The molecule has 1 aromatic rings. The fourth-order valence-electron chi connectivity index (χ4n) is 2.74. The van der Waals surface area contributed by atoms with Crippen molar-refractivity contribution in [2.45, 2.75) is 38.6 Å². The second-order valence-corrected chi connectivity index (χ2v) is 6.16. The number of thiophene rings is 1. The minimum absolute atomic E-state index is 0.0482. The minimum Gasteiger partial charge on any atom is -0.450 e. The molecule has 0 radical (unpaired) electrons. The maximum Gasteiger partial charge on any atom is 0.407 e. The van der Waals surface area contributed by atoms with E-state index < -0.39 is 6.09 Å². The van der Waals surface area contributed by atoms with E-state index in [0.717, 1.165) is 12.8 Å². The molecular weight excluding hydrogens is 288 g/mol. The Morgan fingerprint density at radius 2 is 2.19 bits per heavy atom. The van der Waals surface area contributed by atoms with Crippen molar-refractivity contribution in [1.82, 2.24) is 10.6 Å². The first-order chi connectivity index (χ1) is 10.2. The van der Waals surface area contributed by atoms with E-state index in [9.17, 15) is 9.59 Å². The summed E-state index contributed by atoms with van der Waals surface area (Å²) in [6.45, 7) is 1.98. The number of hydrogen-bond acceptors (Lipinski definition) is 4. The van der Waals surface area contributed by atoms with Crippen molar-refractivity contribution in [3.63, 3.8) is 0 Å². The lowest BCUT2D eigenvalue weighted by atomic mass is 9.96. The average molecular weight is 310 g/mol. The highest BCUT2D eigenvalue weighted by molar-refractivity contribution is 7.10. The molecule has 1 aliphatic carbocycles. The normalized spacial score (nSPS) is 16.4. The number of carbonyl (C=O) groups excluding carboxylic acids is 2. The molecule has 1 saturated carbocycles. The molecule has 0 aliphatic heterocycles. The van der Waals surface area contributed by atoms with Crippen LogP contribution in [0.25, 0.3) is 0 Å². The van der Waals surface area contributed by atoms with Crippen LogP contribution in [0.2, 0.25) is 0 Å². The molecule has 2 amide bonds. The van der Waals surface area contributed by atoms with Crippen molar-refractivity contribution in [2.75, 3.05) is 13.2 Å². The molecule has 1 heterocycles. The predicted molar refractivity (Wildman–Crippen MR) is 82.2 cm³/mol. The molecule has 0 saturated heterocycles. The zero-order valence-electron chi connectivity index (χ0n) is 12.3. The zero-order valence-corrected chi connectivity index (χ0v) is 13.1. The molecule has 0 bridgehead atoms. The summed E-state index contributed by atoms with van der Waals surface area (Å²) in [7, 11) is 0. The van der Waals surface area contributed by atoms with Crippen LogP contribution in [0.3, 0.4) is 0 Å². The smallest absolute Gasteiger partial charge is 0.407 e. The second-order valence-electron chi connectivity index (χ2n) is 5.18. The quantitative estimate of drug-likeness (QED) is 0.849. The highest BCUT2D eigenvalue weighted by Crippen LogP contribution is 2.37. The molecule has 1 atom stereocenters. The van der Waals surface area contributed by atoms with Crippen molar-refractivity contribution in [1.29, 1.82) is 0 Å². The number of carbonyl (C=O) groups is 2. The van der Waals surface area contributed by atoms with Crippen molar-refractivity contribution < 1.29 is 14.3 Å². The number of alkyl carbamates (subject to hydrolysis) is 1. The molecular formula is C15H22N2O3S. The maximum atomic E-state index is 12.0. The van der Waals surface area contributed by atoms with Crippen molar-refractivity contribution >= 4 is 23.3 Å². The Balaban J connectivity index is 1.89.